The van der Waals surface area contributed by atoms with Crippen molar-refractivity contribution < 1.29 is 19.4 Å². The van der Waals surface area contributed by atoms with Gasteiger partial charge in [-0.2, -0.15) is 0 Å². The number of carbonyl (C=O) groups is 2. The lowest BCUT2D eigenvalue weighted by Crippen LogP contribution is -2.44. The molecule has 1 aromatic heterocycles. The molecule has 3 rings (SSSR count). The lowest BCUT2D eigenvalue weighted by Gasteiger charge is -2.33. The molecule has 130 valence electrons. The Morgan fingerprint density at radius 3 is 2.80 bits per heavy atom. The van der Waals surface area contributed by atoms with Crippen LogP contribution in [0.2, 0.25) is 0 Å². The van der Waals surface area contributed by atoms with Crippen LogP contribution < -0.4 is 15.2 Å². The minimum Gasteiger partial charge on any atom is -0.487 e. The third kappa shape index (κ3) is 3.26. The van der Waals surface area contributed by atoms with E-state index >= 15 is 0 Å². The molecule has 0 aliphatic carbocycles. The molecule has 1 aliphatic rings. The van der Waals surface area contributed by atoms with Crippen molar-refractivity contribution in [3.8, 4) is 5.75 Å². The van der Waals surface area contributed by atoms with Crippen LogP contribution in [0.25, 0.3) is 0 Å². The number of rotatable bonds is 3. The van der Waals surface area contributed by atoms with E-state index in [4.69, 9.17) is 9.84 Å². The van der Waals surface area contributed by atoms with Crippen LogP contribution in [0.5, 0.6) is 5.75 Å². The van der Waals surface area contributed by atoms with Crippen molar-refractivity contribution in [2.75, 3.05) is 11.4 Å². The second-order valence-corrected chi connectivity index (χ2v) is 6.06. The van der Waals surface area contributed by atoms with Crippen LogP contribution in [0.1, 0.15) is 22.8 Å². The highest BCUT2D eigenvalue weighted by atomic mass is 16.5. The molecule has 1 atom stereocenters. The van der Waals surface area contributed by atoms with Gasteiger partial charge in [0.25, 0.3) is 11.5 Å². The maximum absolute atomic E-state index is 13.0. The number of hydrogen-bond donors (Lipinski definition) is 1. The molecular formula is C18H18N2O5. The first-order chi connectivity index (χ1) is 11.9. The predicted molar refractivity (Wildman–Crippen MR) is 91.3 cm³/mol. The standard InChI is InChI=1S/C18H18N2O5/c1-11-5-6-14-15(8-11)25-12(2)9-20(14)18(24)13-4-3-7-19(17(13)23)10-16(21)22/h3-8,12H,9-10H2,1-2H3,(H,21,22). The van der Waals surface area contributed by atoms with E-state index in [0.717, 1.165) is 10.1 Å². The number of hydrogen-bond acceptors (Lipinski definition) is 4. The minimum atomic E-state index is -1.15. The summed E-state index contributed by atoms with van der Waals surface area (Å²) in [6, 6.07) is 8.41. The Morgan fingerprint density at radius 2 is 2.08 bits per heavy atom. The molecule has 7 heteroatoms. The van der Waals surface area contributed by atoms with Crippen LogP contribution >= 0.6 is 0 Å². The Kier molecular flexibility index (Phi) is 4.31. The number of carbonyl (C=O) groups excluding carboxylic acids is 1. The summed E-state index contributed by atoms with van der Waals surface area (Å²) in [6.45, 7) is 3.59. The minimum absolute atomic E-state index is 0.0654. The summed E-state index contributed by atoms with van der Waals surface area (Å²) in [7, 11) is 0. The molecule has 1 aromatic carbocycles. The zero-order chi connectivity index (χ0) is 18.1. The molecule has 0 radical (unpaired) electrons. The number of pyridine rings is 1. The molecule has 2 aromatic rings. The van der Waals surface area contributed by atoms with Gasteiger partial charge in [0, 0.05) is 6.20 Å². The number of aromatic nitrogens is 1. The average Bonchev–Trinajstić information content (AvgIpc) is 2.54. The van der Waals surface area contributed by atoms with Gasteiger partial charge in [-0.25, -0.2) is 0 Å². The van der Waals surface area contributed by atoms with Crippen molar-refractivity contribution in [1.82, 2.24) is 4.57 Å². The Bertz CT molecular complexity index is 903. The van der Waals surface area contributed by atoms with Crippen molar-refractivity contribution >= 4 is 17.6 Å². The monoisotopic (exact) mass is 342 g/mol. The number of amides is 1. The summed E-state index contributed by atoms with van der Waals surface area (Å²) in [5.41, 5.74) is 0.914. The molecule has 7 nitrogen and oxygen atoms in total. The van der Waals surface area contributed by atoms with Crippen LogP contribution in [-0.4, -0.2) is 34.2 Å². The number of anilines is 1. The Balaban J connectivity index is 2.02. The molecule has 0 saturated heterocycles. The molecule has 0 bridgehead atoms. The van der Waals surface area contributed by atoms with Crippen LogP contribution in [0.15, 0.2) is 41.3 Å². The summed E-state index contributed by atoms with van der Waals surface area (Å²) in [4.78, 5) is 37.8. The molecule has 0 saturated carbocycles. The van der Waals surface area contributed by atoms with E-state index in [1.54, 1.807) is 6.07 Å². The fraction of sp³-hybridized carbons (Fsp3) is 0.278. The SMILES string of the molecule is Cc1ccc2c(c1)OC(C)CN2C(=O)c1cccn(CC(=O)O)c1=O. The maximum Gasteiger partial charge on any atom is 0.323 e. The second kappa shape index (κ2) is 6.43. The number of benzene rings is 1. The van der Waals surface area contributed by atoms with Crippen LogP contribution in [0.4, 0.5) is 5.69 Å². The second-order valence-electron chi connectivity index (χ2n) is 6.06. The smallest absolute Gasteiger partial charge is 0.323 e. The Hall–Kier alpha value is -3.09. The van der Waals surface area contributed by atoms with Gasteiger partial charge in [0.05, 0.1) is 12.2 Å². The van der Waals surface area contributed by atoms with Crippen LogP contribution in [0, 0.1) is 6.92 Å². The number of aryl methyl sites for hydroxylation is 1. The summed E-state index contributed by atoms with van der Waals surface area (Å²) in [5.74, 6) is -1.02. The van der Waals surface area contributed by atoms with E-state index in [1.807, 2.05) is 26.0 Å². The first-order valence-corrected chi connectivity index (χ1v) is 7.87. The van der Waals surface area contributed by atoms with Crippen molar-refractivity contribution in [3.05, 3.63) is 58.0 Å². The highest BCUT2D eigenvalue weighted by Crippen LogP contribution is 2.34. The molecule has 1 amide bonds. The van der Waals surface area contributed by atoms with Crippen molar-refractivity contribution in [1.29, 1.82) is 0 Å². The number of nitrogens with zero attached hydrogens (tertiary/aromatic N) is 2. The topological polar surface area (TPSA) is 88.8 Å². The largest absolute Gasteiger partial charge is 0.487 e. The van der Waals surface area contributed by atoms with Gasteiger partial charge in [-0.3, -0.25) is 14.4 Å². The molecule has 1 unspecified atom stereocenters. The van der Waals surface area contributed by atoms with Gasteiger partial charge < -0.3 is 19.3 Å². The van der Waals surface area contributed by atoms with E-state index in [1.165, 1.54) is 23.2 Å². The fourth-order valence-corrected chi connectivity index (χ4v) is 2.86. The third-order valence-electron chi connectivity index (χ3n) is 3.98. The van der Waals surface area contributed by atoms with Gasteiger partial charge in [-0.1, -0.05) is 6.07 Å². The van der Waals surface area contributed by atoms with Gasteiger partial charge in [0.15, 0.2) is 0 Å². The summed E-state index contributed by atoms with van der Waals surface area (Å²) < 4.78 is 6.79. The number of carboxylic acids is 1. The number of ether oxygens (including phenoxy) is 1. The quantitative estimate of drug-likeness (QED) is 0.916. The lowest BCUT2D eigenvalue weighted by molar-refractivity contribution is -0.137. The van der Waals surface area contributed by atoms with Gasteiger partial charge >= 0.3 is 5.97 Å². The first-order valence-electron chi connectivity index (χ1n) is 7.87. The molecular weight excluding hydrogens is 324 g/mol. The van der Waals surface area contributed by atoms with Crippen molar-refractivity contribution in [2.24, 2.45) is 0 Å². The molecule has 2 heterocycles. The Labute approximate surface area is 144 Å². The zero-order valence-corrected chi connectivity index (χ0v) is 13.9. The van der Waals surface area contributed by atoms with E-state index in [9.17, 15) is 14.4 Å². The van der Waals surface area contributed by atoms with Crippen LogP contribution in [0.3, 0.4) is 0 Å². The number of aliphatic carboxylic acids is 1. The predicted octanol–water partition coefficient (Wildman–Crippen LogP) is 1.67. The normalized spacial score (nSPS) is 16.1. The highest BCUT2D eigenvalue weighted by molar-refractivity contribution is 6.07. The van der Waals surface area contributed by atoms with E-state index in [2.05, 4.69) is 0 Å². The zero-order valence-electron chi connectivity index (χ0n) is 13.9. The summed E-state index contributed by atoms with van der Waals surface area (Å²) in [5, 5.41) is 8.89. The number of carboxylic acid groups (broad SMARTS) is 1. The van der Waals surface area contributed by atoms with Gasteiger partial charge in [0.1, 0.15) is 24.0 Å². The highest BCUT2D eigenvalue weighted by Gasteiger charge is 2.30. The van der Waals surface area contributed by atoms with E-state index < -0.39 is 24.0 Å². The third-order valence-corrected chi connectivity index (χ3v) is 3.98. The average molecular weight is 342 g/mol. The molecule has 1 N–H and O–H groups in total. The van der Waals surface area contributed by atoms with Crippen molar-refractivity contribution in [2.45, 2.75) is 26.5 Å². The van der Waals surface area contributed by atoms with E-state index in [-0.39, 0.29) is 11.7 Å². The van der Waals surface area contributed by atoms with Gasteiger partial charge in [-0.05, 0) is 43.7 Å². The number of fused-ring (bicyclic) bond motifs is 1. The van der Waals surface area contributed by atoms with E-state index in [0.29, 0.717) is 18.0 Å². The van der Waals surface area contributed by atoms with Crippen LogP contribution in [-0.2, 0) is 11.3 Å². The fourth-order valence-electron chi connectivity index (χ4n) is 2.86. The lowest BCUT2D eigenvalue weighted by atomic mass is 10.1. The summed E-state index contributed by atoms with van der Waals surface area (Å²) >= 11 is 0. The molecule has 0 spiro atoms. The summed E-state index contributed by atoms with van der Waals surface area (Å²) in [6.07, 6.45) is 1.13. The molecule has 0 fully saturated rings. The Morgan fingerprint density at radius 1 is 1.32 bits per heavy atom. The maximum atomic E-state index is 13.0. The molecule has 1 aliphatic heterocycles. The first kappa shape index (κ1) is 16.8. The van der Waals surface area contributed by atoms with Crippen molar-refractivity contribution in [3.63, 3.8) is 0 Å². The van der Waals surface area contributed by atoms with Gasteiger partial charge in [0.2, 0.25) is 0 Å². The molecule has 25 heavy (non-hydrogen) atoms. The van der Waals surface area contributed by atoms with Gasteiger partial charge in [-0.15, -0.1) is 0 Å².